The van der Waals surface area contributed by atoms with Crippen LogP contribution < -0.4 is 5.32 Å². The average Bonchev–Trinajstić information content (AvgIpc) is 3.16. The number of anilines is 1. The molecule has 10 heteroatoms. The van der Waals surface area contributed by atoms with E-state index in [1.54, 1.807) is 45.7 Å². The number of amides is 3. The Bertz CT molecular complexity index is 1030. The van der Waals surface area contributed by atoms with Crippen molar-refractivity contribution in [2.45, 2.75) is 26.3 Å². The Morgan fingerprint density at radius 2 is 1.82 bits per heavy atom. The summed E-state index contributed by atoms with van der Waals surface area (Å²) < 4.78 is 12.1. The van der Waals surface area contributed by atoms with Crippen molar-refractivity contribution in [3.8, 4) is 0 Å². The molecule has 3 amide bonds. The fraction of sp³-hybridized carbons (Fsp3) is 0.478. The van der Waals surface area contributed by atoms with Gasteiger partial charge in [0.2, 0.25) is 0 Å². The van der Waals surface area contributed by atoms with Gasteiger partial charge in [-0.1, -0.05) is 12.1 Å². The average molecular weight is 456 g/mol. The Balaban J connectivity index is 1.41. The molecule has 0 spiro atoms. The summed E-state index contributed by atoms with van der Waals surface area (Å²) in [5.41, 5.74) is 3.65. The Morgan fingerprint density at radius 3 is 2.52 bits per heavy atom. The SMILES string of the molecule is CCOC(=O)Cc1ccc(NC(=O)N2CCc3c(c(C(=O)N4CCOCC4)nn3C)C2)cc1. The Hall–Kier alpha value is -3.40. The number of morpholine rings is 1. The third kappa shape index (κ3) is 5.16. The van der Waals surface area contributed by atoms with Gasteiger partial charge in [0.15, 0.2) is 5.69 Å². The smallest absolute Gasteiger partial charge is 0.322 e. The normalized spacial score (nSPS) is 15.7. The summed E-state index contributed by atoms with van der Waals surface area (Å²) in [4.78, 5) is 41.0. The molecule has 3 heterocycles. The molecule has 0 aliphatic carbocycles. The monoisotopic (exact) mass is 455 g/mol. The second kappa shape index (κ2) is 10.0. The van der Waals surface area contributed by atoms with Gasteiger partial charge < -0.3 is 24.6 Å². The largest absolute Gasteiger partial charge is 0.466 e. The van der Waals surface area contributed by atoms with Crippen LogP contribution in [0.4, 0.5) is 10.5 Å². The lowest BCUT2D eigenvalue weighted by Crippen LogP contribution is -2.42. The van der Waals surface area contributed by atoms with Gasteiger partial charge in [-0.2, -0.15) is 5.10 Å². The lowest BCUT2D eigenvalue weighted by molar-refractivity contribution is -0.142. The number of hydrogen-bond acceptors (Lipinski definition) is 6. The van der Waals surface area contributed by atoms with Crippen molar-refractivity contribution >= 4 is 23.6 Å². The van der Waals surface area contributed by atoms with Gasteiger partial charge >= 0.3 is 12.0 Å². The number of esters is 1. The maximum atomic E-state index is 13.0. The van der Waals surface area contributed by atoms with E-state index in [1.165, 1.54) is 0 Å². The van der Waals surface area contributed by atoms with E-state index >= 15 is 0 Å². The number of hydrogen-bond donors (Lipinski definition) is 1. The van der Waals surface area contributed by atoms with E-state index in [9.17, 15) is 14.4 Å². The van der Waals surface area contributed by atoms with Gasteiger partial charge in [-0.15, -0.1) is 0 Å². The van der Waals surface area contributed by atoms with Gasteiger partial charge in [-0.05, 0) is 24.6 Å². The van der Waals surface area contributed by atoms with Crippen LogP contribution in [0.5, 0.6) is 0 Å². The van der Waals surface area contributed by atoms with Gasteiger partial charge in [-0.25, -0.2) is 4.79 Å². The highest BCUT2D eigenvalue weighted by atomic mass is 16.5. The van der Waals surface area contributed by atoms with E-state index in [4.69, 9.17) is 9.47 Å². The van der Waals surface area contributed by atoms with E-state index in [2.05, 4.69) is 10.4 Å². The summed E-state index contributed by atoms with van der Waals surface area (Å²) >= 11 is 0. The first-order valence-electron chi connectivity index (χ1n) is 11.2. The van der Waals surface area contributed by atoms with Crippen molar-refractivity contribution in [3.63, 3.8) is 0 Å². The maximum absolute atomic E-state index is 13.0. The van der Waals surface area contributed by atoms with Crippen molar-refractivity contribution in [1.82, 2.24) is 19.6 Å². The summed E-state index contributed by atoms with van der Waals surface area (Å²) in [7, 11) is 1.84. The molecule has 1 aromatic carbocycles. The zero-order chi connectivity index (χ0) is 23.4. The standard InChI is InChI=1S/C23H29N5O5/c1-3-33-20(29)14-16-4-6-17(7-5-16)24-23(31)28-9-8-19-18(15-28)21(25-26(19)2)22(30)27-10-12-32-13-11-27/h4-7H,3,8-15H2,1-2H3,(H,24,31). The van der Waals surface area contributed by atoms with Gasteiger partial charge in [0.25, 0.3) is 5.91 Å². The minimum absolute atomic E-state index is 0.116. The van der Waals surface area contributed by atoms with E-state index in [0.717, 1.165) is 16.8 Å². The van der Waals surface area contributed by atoms with Crippen molar-refractivity contribution < 1.29 is 23.9 Å². The quantitative estimate of drug-likeness (QED) is 0.687. The van der Waals surface area contributed by atoms with E-state index in [-0.39, 0.29) is 24.3 Å². The van der Waals surface area contributed by atoms with Crippen molar-refractivity contribution in [2.75, 3.05) is 44.8 Å². The van der Waals surface area contributed by atoms with E-state index in [1.807, 2.05) is 7.05 Å². The number of benzene rings is 1. The van der Waals surface area contributed by atoms with Crippen molar-refractivity contribution in [1.29, 1.82) is 0 Å². The molecule has 33 heavy (non-hydrogen) atoms. The maximum Gasteiger partial charge on any atom is 0.322 e. The minimum Gasteiger partial charge on any atom is -0.466 e. The van der Waals surface area contributed by atoms with Crippen LogP contribution in [0.25, 0.3) is 0 Å². The summed E-state index contributed by atoms with van der Waals surface area (Å²) in [6.45, 7) is 5.10. The number of ether oxygens (including phenoxy) is 2. The highest BCUT2D eigenvalue weighted by molar-refractivity contribution is 5.95. The molecule has 176 valence electrons. The first-order chi connectivity index (χ1) is 16.0. The first kappa shape index (κ1) is 22.8. The van der Waals surface area contributed by atoms with E-state index < -0.39 is 0 Å². The number of nitrogens with zero attached hydrogens (tertiary/aromatic N) is 4. The van der Waals surface area contributed by atoms with Crippen LogP contribution in [0.1, 0.15) is 34.2 Å². The zero-order valence-corrected chi connectivity index (χ0v) is 19.0. The third-order valence-electron chi connectivity index (χ3n) is 5.89. The van der Waals surface area contributed by atoms with Crippen LogP contribution in [0.15, 0.2) is 24.3 Å². The Morgan fingerprint density at radius 1 is 1.09 bits per heavy atom. The molecule has 1 N–H and O–H groups in total. The molecule has 0 saturated carbocycles. The molecule has 1 aromatic heterocycles. The molecule has 1 saturated heterocycles. The molecule has 10 nitrogen and oxygen atoms in total. The van der Waals surface area contributed by atoms with Crippen LogP contribution in [-0.2, 0) is 40.7 Å². The van der Waals surface area contributed by atoms with E-state index in [0.29, 0.717) is 63.8 Å². The van der Waals surface area contributed by atoms with Gasteiger partial charge in [-0.3, -0.25) is 14.3 Å². The molecule has 2 aromatic rings. The van der Waals surface area contributed by atoms with Gasteiger partial charge in [0.05, 0.1) is 32.8 Å². The number of fused-ring (bicyclic) bond motifs is 1. The number of aryl methyl sites for hydroxylation is 1. The molecule has 1 fully saturated rings. The molecule has 0 radical (unpaired) electrons. The number of nitrogens with one attached hydrogen (secondary N) is 1. The van der Waals surface area contributed by atoms with Gasteiger partial charge in [0.1, 0.15) is 0 Å². The highest BCUT2D eigenvalue weighted by Gasteiger charge is 2.31. The Labute approximate surface area is 192 Å². The summed E-state index contributed by atoms with van der Waals surface area (Å²) in [6, 6.07) is 6.87. The number of aromatic nitrogens is 2. The highest BCUT2D eigenvalue weighted by Crippen LogP contribution is 2.24. The van der Waals surface area contributed by atoms with Crippen LogP contribution in [0, 0.1) is 0 Å². The lowest BCUT2D eigenvalue weighted by atomic mass is 10.0. The van der Waals surface area contributed by atoms with Crippen LogP contribution in [0.2, 0.25) is 0 Å². The molecular formula is C23H29N5O5. The molecular weight excluding hydrogens is 426 g/mol. The summed E-state index contributed by atoms with van der Waals surface area (Å²) in [5, 5.41) is 7.38. The number of carbonyl (C=O) groups excluding carboxylic acids is 3. The summed E-state index contributed by atoms with van der Waals surface area (Å²) in [6.07, 6.45) is 0.818. The number of carbonyl (C=O) groups is 3. The van der Waals surface area contributed by atoms with Crippen LogP contribution in [0.3, 0.4) is 0 Å². The second-order valence-corrected chi connectivity index (χ2v) is 8.08. The fourth-order valence-corrected chi connectivity index (χ4v) is 4.14. The fourth-order valence-electron chi connectivity index (χ4n) is 4.14. The second-order valence-electron chi connectivity index (χ2n) is 8.08. The minimum atomic E-state index is -0.280. The number of urea groups is 1. The molecule has 0 atom stereocenters. The number of rotatable bonds is 5. The lowest BCUT2D eigenvalue weighted by Gasteiger charge is -2.29. The predicted molar refractivity (Wildman–Crippen MR) is 120 cm³/mol. The zero-order valence-electron chi connectivity index (χ0n) is 19.0. The topological polar surface area (TPSA) is 106 Å². The molecule has 0 bridgehead atoms. The first-order valence-corrected chi connectivity index (χ1v) is 11.2. The molecule has 2 aliphatic rings. The Kier molecular flexibility index (Phi) is 6.93. The van der Waals surface area contributed by atoms with Crippen molar-refractivity contribution in [3.05, 3.63) is 46.8 Å². The van der Waals surface area contributed by atoms with Crippen LogP contribution >= 0.6 is 0 Å². The third-order valence-corrected chi connectivity index (χ3v) is 5.89. The van der Waals surface area contributed by atoms with Crippen molar-refractivity contribution in [2.24, 2.45) is 7.05 Å². The van der Waals surface area contributed by atoms with Gasteiger partial charge in [0, 0.05) is 50.0 Å². The molecule has 0 unspecified atom stereocenters. The molecule has 2 aliphatic heterocycles. The molecule has 4 rings (SSSR count). The van der Waals surface area contributed by atoms with Crippen LogP contribution in [-0.4, -0.2) is 76.9 Å². The summed E-state index contributed by atoms with van der Waals surface area (Å²) in [5.74, 6) is -0.396. The predicted octanol–water partition coefficient (Wildman–Crippen LogP) is 1.59.